The zero-order valence-electron chi connectivity index (χ0n) is 15.1. The van der Waals surface area contributed by atoms with Gasteiger partial charge in [0, 0.05) is 11.7 Å². The first-order chi connectivity index (χ1) is 12.6. The summed E-state index contributed by atoms with van der Waals surface area (Å²) < 4.78 is 6.18. The Balaban J connectivity index is 1.61. The van der Waals surface area contributed by atoms with E-state index in [4.69, 9.17) is 4.74 Å². The lowest BCUT2D eigenvalue weighted by molar-refractivity contribution is -0.0140. The second-order valence-corrected chi connectivity index (χ2v) is 8.96. The highest BCUT2D eigenvalue weighted by Gasteiger charge is 2.47. The molecule has 4 heteroatoms. The van der Waals surface area contributed by atoms with Crippen LogP contribution >= 0.6 is 11.8 Å². The van der Waals surface area contributed by atoms with Crippen molar-refractivity contribution in [1.82, 2.24) is 0 Å². The summed E-state index contributed by atoms with van der Waals surface area (Å²) >= 11 is 1.68. The third kappa shape index (κ3) is 3.44. The quantitative estimate of drug-likeness (QED) is 0.860. The maximum Gasteiger partial charge on any atom is 0.142 e. The Morgan fingerprint density at radius 1 is 1.12 bits per heavy atom. The van der Waals surface area contributed by atoms with Gasteiger partial charge >= 0.3 is 0 Å². The molecule has 0 saturated carbocycles. The maximum atomic E-state index is 10.3. The fraction of sp³-hybridized carbons (Fsp3) is 0.455. The van der Waals surface area contributed by atoms with E-state index in [2.05, 4.69) is 49.4 Å². The summed E-state index contributed by atoms with van der Waals surface area (Å²) in [5.41, 5.74) is 6.31. The van der Waals surface area contributed by atoms with Gasteiger partial charge in [0.1, 0.15) is 4.93 Å². The van der Waals surface area contributed by atoms with E-state index in [0.717, 1.165) is 12.8 Å². The van der Waals surface area contributed by atoms with Crippen molar-refractivity contribution in [2.75, 3.05) is 6.61 Å². The molecule has 2 heterocycles. The Kier molecular flexibility index (Phi) is 5.11. The largest absolute Gasteiger partial charge is 0.395 e. The second kappa shape index (κ2) is 7.35. The van der Waals surface area contributed by atoms with Gasteiger partial charge in [0.15, 0.2) is 0 Å². The Morgan fingerprint density at radius 3 is 2.58 bits per heavy atom. The lowest BCUT2D eigenvalue weighted by Gasteiger charge is -2.39. The van der Waals surface area contributed by atoms with Crippen molar-refractivity contribution >= 4 is 11.8 Å². The number of fused-ring (bicyclic) bond motifs is 2. The van der Waals surface area contributed by atoms with Crippen molar-refractivity contribution in [1.29, 1.82) is 0 Å². The fourth-order valence-electron chi connectivity index (χ4n) is 4.06. The maximum absolute atomic E-state index is 10.3. The number of aliphatic hydroxyl groups is 2. The third-order valence-corrected chi connectivity index (χ3v) is 7.04. The van der Waals surface area contributed by atoms with E-state index < -0.39 is 11.0 Å². The number of benzene rings is 2. The number of aliphatic hydroxyl groups excluding tert-OH is 2. The Labute approximate surface area is 159 Å². The highest BCUT2D eigenvalue weighted by atomic mass is 32.2. The van der Waals surface area contributed by atoms with Crippen molar-refractivity contribution in [2.24, 2.45) is 0 Å². The lowest BCUT2D eigenvalue weighted by atomic mass is 9.94. The summed E-state index contributed by atoms with van der Waals surface area (Å²) in [7, 11) is 0. The van der Waals surface area contributed by atoms with Crippen LogP contribution in [0.2, 0.25) is 0 Å². The van der Waals surface area contributed by atoms with E-state index >= 15 is 0 Å². The van der Waals surface area contributed by atoms with Crippen LogP contribution in [0.5, 0.6) is 0 Å². The minimum absolute atomic E-state index is 0.0231. The average Bonchev–Trinajstić information content (AvgIpc) is 2.99. The van der Waals surface area contributed by atoms with Crippen LogP contribution in [-0.4, -0.2) is 28.2 Å². The van der Waals surface area contributed by atoms with Crippen molar-refractivity contribution in [3.8, 4) is 0 Å². The lowest BCUT2D eigenvalue weighted by Crippen LogP contribution is -2.38. The van der Waals surface area contributed by atoms with E-state index in [0.29, 0.717) is 19.4 Å². The third-order valence-electron chi connectivity index (χ3n) is 5.48. The van der Waals surface area contributed by atoms with Gasteiger partial charge in [-0.1, -0.05) is 49.4 Å². The molecule has 2 aromatic carbocycles. The molecular formula is C22H26O3S. The normalized spacial score (nSPS) is 27.7. The molecule has 0 bridgehead atoms. The first kappa shape index (κ1) is 18.1. The zero-order valence-corrected chi connectivity index (χ0v) is 16.0. The summed E-state index contributed by atoms with van der Waals surface area (Å²) in [6.07, 6.45) is 2.75. The molecule has 0 aromatic heterocycles. The predicted molar refractivity (Wildman–Crippen MR) is 105 cm³/mol. The van der Waals surface area contributed by atoms with Crippen LogP contribution in [0.25, 0.3) is 0 Å². The number of ether oxygens (including phenoxy) is 1. The van der Waals surface area contributed by atoms with Crippen LogP contribution in [0.4, 0.5) is 0 Å². The summed E-state index contributed by atoms with van der Waals surface area (Å²) in [6.45, 7) is 2.83. The fourth-order valence-corrected chi connectivity index (χ4v) is 5.72. The van der Waals surface area contributed by atoms with Crippen molar-refractivity contribution in [2.45, 2.75) is 55.5 Å². The number of hydrogen-bond donors (Lipinski definition) is 2. The SMILES string of the molecule is CCc1ccc(Cc2ccc3c(c2)[C@]2(CC(O)CC(CO)S2)OC3)cc1. The molecule has 1 spiro atoms. The minimum atomic E-state index is -0.511. The Hall–Kier alpha value is -1.33. The van der Waals surface area contributed by atoms with Crippen LogP contribution in [0.1, 0.15) is 47.6 Å². The molecule has 3 atom stereocenters. The van der Waals surface area contributed by atoms with Crippen LogP contribution in [0.15, 0.2) is 42.5 Å². The summed E-state index contributed by atoms with van der Waals surface area (Å²) in [5, 5.41) is 19.9. The molecule has 2 aromatic rings. The van der Waals surface area contributed by atoms with E-state index in [1.54, 1.807) is 11.8 Å². The smallest absolute Gasteiger partial charge is 0.142 e. The van der Waals surface area contributed by atoms with Crippen LogP contribution in [-0.2, 0) is 29.1 Å². The van der Waals surface area contributed by atoms with Gasteiger partial charge in [0.2, 0.25) is 0 Å². The molecule has 2 aliphatic rings. The van der Waals surface area contributed by atoms with Crippen LogP contribution in [0, 0.1) is 0 Å². The molecule has 2 unspecified atom stereocenters. The highest BCUT2D eigenvalue weighted by Crippen LogP contribution is 2.54. The van der Waals surface area contributed by atoms with Crippen molar-refractivity contribution in [3.63, 3.8) is 0 Å². The molecular weight excluding hydrogens is 344 g/mol. The van der Waals surface area contributed by atoms with E-state index in [1.165, 1.54) is 27.8 Å². The first-order valence-electron chi connectivity index (χ1n) is 9.42. The molecule has 1 fully saturated rings. The number of aryl methyl sites for hydroxylation is 1. The van der Waals surface area contributed by atoms with Gasteiger partial charge in [-0.2, -0.15) is 0 Å². The van der Waals surface area contributed by atoms with Gasteiger partial charge in [-0.15, -0.1) is 11.8 Å². The molecule has 138 valence electrons. The van der Waals surface area contributed by atoms with E-state index in [9.17, 15) is 10.2 Å². The standard InChI is InChI=1S/C22H26O3S/c1-2-15-3-5-16(6-4-15)9-17-7-8-18-14-25-22(21(18)10-17)12-19(24)11-20(13-23)26-22/h3-8,10,19-20,23-24H,2,9,11-14H2,1H3/t19?,20?,22-/m1/s1. The van der Waals surface area contributed by atoms with Gasteiger partial charge in [-0.3, -0.25) is 0 Å². The van der Waals surface area contributed by atoms with Crippen LogP contribution < -0.4 is 0 Å². The summed E-state index contributed by atoms with van der Waals surface area (Å²) in [4.78, 5) is -0.511. The number of rotatable bonds is 4. The van der Waals surface area contributed by atoms with Crippen molar-refractivity contribution in [3.05, 3.63) is 70.3 Å². The minimum Gasteiger partial charge on any atom is -0.395 e. The number of thioether (sulfide) groups is 1. The topological polar surface area (TPSA) is 49.7 Å². The second-order valence-electron chi connectivity index (χ2n) is 7.40. The van der Waals surface area contributed by atoms with Crippen LogP contribution in [0.3, 0.4) is 0 Å². The van der Waals surface area contributed by atoms with Gasteiger partial charge in [-0.25, -0.2) is 0 Å². The summed E-state index contributed by atoms with van der Waals surface area (Å²) in [6, 6.07) is 15.4. The molecule has 1 saturated heterocycles. The Morgan fingerprint density at radius 2 is 1.85 bits per heavy atom. The molecule has 26 heavy (non-hydrogen) atoms. The first-order valence-corrected chi connectivity index (χ1v) is 10.3. The van der Waals surface area contributed by atoms with Gasteiger partial charge in [0.25, 0.3) is 0 Å². The predicted octanol–water partition coefficient (Wildman–Crippen LogP) is 3.77. The van der Waals surface area contributed by atoms with E-state index in [1.807, 2.05) is 0 Å². The molecule has 4 rings (SSSR count). The number of hydrogen-bond acceptors (Lipinski definition) is 4. The van der Waals surface area contributed by atoms with Crippen molar-refractivity contribution < 1.29 is 14.9 Å². The molecule has 0 radical (unpaired) electrons. The molecule has 0 aliphatic carbocycles. The van der Waals surface area contributed by atoms with Gasteiger partial charge in [-0.05, 0) is 47.1 Å². The van der Waals surface area contributed by atoms with Gasteiger partial charge < -0.3 is 14.9 Å². The molecule has 0 amide bonds. The van der Waals surface area contributed by atoms with Gasteiger partial charge in [0.05, 0.1) is 19.3 Å². The highest BCUT2D eigenvalue weighted by molar-refractivity contribution is 8.00. The molecule has 2 N–H and O–H groups in total. The molecule has 3 nitrogen and oxygen atoms in total. The Bertz CT molecular complexity index is 773. The summed E-state index contributed by atoms with van der Waals surface area (Å²) in [5.74, 6) is 0. The molecule has 2 aliphatic heterocycles. The zero-order chi connectivity index (χ0) is 18.1. The monoisotopic (exact) mass is 370 g/mol. The van der Waals surface area contributed by atoms with E-state index in [-0.39, 0.29) is 11.9 Å². The average molecular weight is 371 g/mol.